The van der Waals surface area contributed by atoms with Crippen molar-refractivity contribution < 1.29 is 0 Å². The van der Waals surface area contributed by atoms with Crippen LogP contribution in [0.25, 0.3) is 0 Å². The van der Waals surface area contributed by atoms with Crippen LogP contribution in [-0.4, -0.2) is 52.6 Å². The second kappa shape index (κ2) is 7.16. The zero-order valence-electron chi connectivity index (χ0n) is 13.4. The first-order chi connectivity index (χ1) is 9.88. The molecule has 0 aliphatic carbocycles. The van der Waals surface area contributed by atoms with Crippen molar-refractivity contribution in [1.82, 2.24) is 14.9 Å². The molecular formula is C15H25ClN4S. The van der Waals surface area contributed by atoms with E-state index in [9.17, 15) is 0 Å². The Labute approximate surface area is 137 Å². The molecule has 1 aliphatic heterocycles. The largest absolute Gasteiger partial charge is 0.368 e. The molecule has 6 heteroatoms. The van der Waals surface area contributed by atoms with Gasteiger partial charge in [0.15, 0.2) is 0 Å². The highest BCUT2D eigenvalue weighted by molar-refractivity contribution is 7.99. The maximum atomic E-state index is 6.25. The van der Waals surface area contributed by atoms with Crippen molar-refractivity contribution in [3.05, 3.63) is 16.5 Å². The van der Waals surface area contributed by atoms with E-state index in [1.165, 1.54) is 24.6 Å². The molecular weight excluding hydrogens is 304 g/mol. The Kier molecular flexibility index (Phi) is 5.74. The number of aromatic nitrogens is 2. The predicted octanol–water partition coefficient (Wildman–Crippen LogP) is 3.20. The molecule has 0 amide bonds. The third-order valence-corrected chi connectivity index (χ3v) is 4.89. The average molecular weight is 329 g/mol. The molecule has 118 valence electrons. The highest BCUT2D eigenvalue weighted by atomic mass is 35.5. The molecule has 0 bridgehead atoms. The monoisotopic (exact) mass is 328 g/mol. The summed E-state index contributed by atoms with van der Waals surface area (Å²) in [6.45, 7) is 12.6. The number of thioether (sulfide) groups is 1. The molecule has 1 fully saturated rings. The van der Waals surface area contributed by atoms with Gasteiger partial charge in [-0.25, -0.2) is 9.97 Å². The molecule has 0 atom stereocenters. The predicted molar refractivity (Wildman–Crippen MR) is 92.7 cm³/mol. The van der Waals surface area contributed by atoms with Crippen molar-refractivity contribution in [2.24, 2.45) is 0 Å². The van der Waals surface area contributed by atoms with Crippen LogP contribution in [0.3, 0.4) is 0 Å². The molecule has 0 spiro atoms. The molecule has 1 aromatic rings. The Bertz CT molecular complexity index is 481. The fraction of sp³-hybridized carbons (Fsp3) is 0.733. The topological polar surface area (TPSA) is 41.1 Å². The fourth-order valence-corrected chi connectivity index (χ4v) is 3.30. The van der Waals surface area contributed by atoms with Crippen molar-refractivity contribution in [3.63, 3.8) is 0 Å². The zero-order valence-corrected chi connectivity index (χ0v) is 14.9. The van der Waals surface area contributed by atoms with Gasteiger partial charge >= 0.3 is 0 Å². The molecule has 0 aromatic carbocycles. The van der Waals surface area contributed by atoms with E-state index in [0.717, 1.165) is 30.3 Å². The first-order valence-electron chi connectivity index (χ1n) is 7.46. The van der Waals surface area contributed by atoms with Crippen molar-refractivity contribution in [2.45, 2.75) is 33.1 Å². The van der Waals surface area contributed by atoms with Crippen molar-refractivity contribution >= 4 is 29.2 Å². The summed E-state index contributed by atoms with van der Waals surface area (Å²) in [5, 5.41) is 3.98. The van der Waals surface area contributed by atoms with Gasteiger partial charge in [0.2, 0.25) is 0 Å². The SMILES string of the molecule is Cc1c(Cl)nc(C(C)(C)C)nc1NCCN1CCSCC1. The normalized spacial score (nSPS) is 17.0. The molecule has 0 unspecified atom stereocenters. The van der Waals surface area contributed by atoms with E-state index in [2.05, 4.69) is 41.0 Å². The number of nitrogens with one attached hydrogen (secondary N) is 1. The number of nitrogens with zero attached hydrogens (tertiary/aromatic N) is 3. The van der Waals surface area contributed by atoms with Gasteiger partial charge in [0.1, 0.15) is 16.8 Å². The van der Waals surface area contributed by atoms with Crippen molar-refractivity contribution in [3.8, 4) is 0 Å². The quantitative estimate of drug-likeness (QED) is 0.860. The van der Waals surface area contributed by atoms with E-state index in [0.29, 0.717) is 5.15 Å². The Morgan fingerprint density at radius 3 is 2.52 bits per heavy atom. The number of hydrogen-bond acceptors (Lipinski definition) is 5. The maximum absolute atomic E-state index is 6.25. The van der Waals surface area contributed by atoms with Gasteiger partial charge in [0.25, 0.3) is 0 Å². The Balaban J connectivity index is 2.00. The first kappa shape index (κ1) is 16.8. The van der Waals surface area contributed by atoms with Crippen LogP contribution < -0.4 is 5.32 Å². The number of anilines is 1. The molecule has 2 rings (SSSR count). The lowest BCUT2D eigenvalue weighted by atomic mass is 9.95. The third kappa shape index (κ3) is 4.73. The summed E-state index contributed by atoms with van der Waals surface area (Å²) in [7, 11) is 0. The second-order valence-electron chi connectivity index (χ2n) is 6.44. The minimum atomic E-state index is -0.0993. The summed E-state index contributed by atoms with van der Waals surface area (Å²) in [4.78, 5) is 11.6. The summed E-state index contributed by atoms with van der Waals surface area (Å²) >= 11 is 8.29. The minimum absolute atomic E-state index is 0.0993. The van der Waals surface area contributed by atoms with Crippen LogP contribution in [0.2, 0.25) is 5.15 Å². The van der Waals surface area contributed by atoms with Crippen LogP contribution in [0.4, 0.5) is 5.82 Å². The van der Waals surface area contributed by atoms with Gasteiger partial charge in [-0.15, -0.1) is 0 Å². The molecule has 4 nitrogen and oxygen atoms in total. The van der Waals surface area contributed by atoms with Gasteiger partial charge in [-0.2, -0.15) is 11.8 Å². The van der Waals surface area contributed by atoms with E-state index in [4.69, 9.17) is 11.6 Å². The maximum Gasteiger partial charge on any atom is 0.137 e. The van der Waals surface area contributed by atoms with Crippen LogP contribution in [0.15, 0.2) is 0 Å². The second-order valence-corrected chi connectivity index (χ2v) is 8.03. The lowest BCUT2D eigenvalue weighted by Crippen LogP contribution is -2.36. The van der Waals surface area contributed by atoms with E-state index < -0.39 is 0 Å². The van der Waals surface area contributed by atoms with E-state index >= 15 is 0 Å². The van der Waals surface area contributed by atoms with E-state index in [1.54, 1.807) is 0 Å². The summed E-state index contributed by atoms with van der Waals surface area (Å²) in [5.41, 5.74) is 0.830. The Morgan fingerprint density at radius 1 is 1.24 bits per heavy atom. The Hall–Kier alpha value is -0.520. The summed E-state index contributed by atoms with van der Waals surface area (Å²) in [6, 6.07) is 0. The highest BCUT2D eigenvalue weighted by Crippen LogP contribution is 2.25. The van der Waals surface area contributed by atoms with Crippen molar-refractivity contribution in [2.75, 3.05) is 43.0 Å². The highest BCUT2D eigenvalue weighted by Gasteiger charge is 2.20. The minimum Gasteiger partial charge on any atom is -0.368 e. The standard InChI is InChI=1S/C15H25ClN4S/c1-11-12(16)18-14(15(2,3)4)19-13(11)17-5-6-20-7-9-21-10-8-20/h5-10H2,1-4H3,(H,17,18,19). The third-order valence-electron chi connectivity index (χ3n) is 3.58. The summed E-state index contributed by atoms with van der Waals surface area (Å²) in [6.07, 6.45) is 0. The zero-order chi connectivity index (χ0) is 15.5. The average Bonchev–Trinajstić information content (AvgIpc) is 2.43. The van der Waals surface area contributed by atoms with Crippen LogP contribution in [-0.2, 0) is 5.41 Å². The summed E-state index contributed by atoms with van der Waals surface area (Å²) < 4.78 is 0. The molecule has 0 radical (unpaired) electrons. The van der Waals surface area contributed by atoms with Gasteiger partial charge in [-0.3, -0.25) is 4.90 Å². The molecule has 1 saturated heterocycles. The molecule has 1 N–H and O–H groups in total. The first-order valence-corrected chi connectivity index (χ1v) is 9.00. The van der Waals surface area contributed by atoms with Crippen LogP contribution in [0, 0.1) is 6.92 Å². The smallest absolute Gasteiger partial charge is 0.137 e. The summed E-state index contributed by atoms with van der Waals surface area (Å²) in [5.74, 6) is 4.14. The number of rotatable bonds is 4. The molecule has 1 aromatic heterocycles. The molecule has 0 saturated carbocycles. The molecule has 21 heavy (non-hydrogen) atoms. The van der Waals surface area contributed by atoms with Gasteiger partial charge in [-0.1, -0.05) is 32.4 Å². The lowest BCUT2D eigenvalue weighted by Gasteiger charge is -2.26. The van der Waals surface area contributed by atoms with E-state index in [-0.39, 0.29) is 5.41 Å². The number of hydrogen-bond donors (Lipinski definition) is 1. The lowest BCUT2D eigenvalue weighted by molar-refractivity contribution is 0.314. The molecule has 2 heterocycles. The van der Waals surface area contributed by atoms with Crippen molar-refractivity contribution in [1.29, 1.82) is 0 Å². The fourth-order valence-electron chi connectivity index (χ4n) is 2.15. The van der Waals surface area contributed by atoms with Crippen LogP contribution in [0.5, 0.6) is 0 Å². The number of halogens is 1. The molecule has 1 aliphatic rings. The van der Waals surface area contributed by atoms with Gasteiger partial charge in [0, 0.05) is 48.7 Å². The van der Waals surface area contributed by atoms with Gasteiger partial charge in [-0.05, 0) is 6.92 Å². The van der Waals surface area contributed by atoms with E-state index in [1.807, 2.05) is 18.7 Å². The van der Waals surface area contributed by atoms with Gasteiger partial charge in [0.05, 0.1) is 0 Å². The Morgan fingerprint density at radius 2 is 1.90 bits per heavy atom. The van der Waals surface area contributed by atoms with Crippen LogP contribution in [0.1, 0.15) is 32.2 Å². The van der Waals surface area contributed by atoms with Gasteiger partial charge < -0.3 is 5.32 Å². The van der Waals surface area contributed by atoms with Crippen LogP contribution >= 0.6 is 23.4 Å².